The zero-order chi connectivity index (χ0) is 6.69. The van der Waals surface area contributed by atoms with Crippen LogP contribution < -0.4 is 0 Å². The zero-order valence-corrected chi connectivity index (χ0v) is 6.85. The molecule has 9 heavy (non-hydrogen) atoms. The van der Waals surface area contributed by atoms with Crippen LogP contribution >= 0.6 is 35.8 Å². The number of hydrogen-bond acceptors (Lipinski definition) is 4. The fourth-order valence-corrected chi connectivity index (χ4v) is 1.37. The van der Waals surface area contributed by atoms with E-state index in [1.54, 1.807) is 16.9 Å². The van der Waals surface area contributed by atoms with Crippen molar-refractivity contribution in [3.63, 3.8) is 0 Å². The van der Waals surface area contributed by atoms with Gasteiger partial charge in [-0.25, -0.2) is 4.98 Å². The number of thiazole rings is 1. The van der Waals surface area contributed by atoms with Gasteiger partial charge in [-0.1, -0.05) is 24.4 Å². The molecule has 1 rings (SSSR count). The van der Waals surface area contributed by atoms with E-state index in [2.05, 4.69) is 29.4 Å². The summed E-state index contributed by atoms with van der Waals surface area (Å²) in [7, 11) is 0. The summed E-state index contributed by atoms with van der Waals surface area (Å²) < 4.78 is 0. The summed E-state index contributed by atoms with van der Waals surface area (Å²) in [6.07, 6.45) is 1.72. The van der Waals surface area contributed by atoms with Gasteiger partial charge in [0.15, 0.2) is 0 Å². The summed E-state index contributed by atoms with van der Waals surface area (Å²) in [6.45, 7) is 0. The summed E-state index contributed by atoms with van der Waals surface area (Å²) in [5, 5.41) is 3.99. The molecular formula is C5H3NS3. The molecule has 1 heterocycles. The fourth-order valence-electron chi connectivity index (χ4n) is 0.410. The van der Waals surface area contributed by atoms with Gasteiger partial charge in [-0.3, -0.25) is 0 Å². The van der Waals surface area contributed by atoms with Gasteiger partial charge >= 0.3 is 0 Å². The van der Waals surface area contributed by atoms with Crippen molar-refractivity contribution in [2.75, 3.05) is 0 Å². The molecule has 0 unspecified atom stereocenters. The quantitative estimate of drug-likeness (QED) is 0.633. The van der Waals surface area contributed by atoms with Gasteiger partial charge in [-0.15, -0.1) is 11.3 Å². The molecular weight excluding hydrogens is 170 g/mol. The Morgan fingerprint density at radius 2 is 2.22 bits per heavy atom. The molecule has 0 spiro atoms. The Balaban J connectivity index is 2.98. The van der Waals surface area contributed by atoms with Gasteiger partial charge in [0.2, 0.25) is 0 Å². The fraction of sp³-hybridized carbons (Fsp3) is 0. The van der Waals surface area contributed by atoms with Crippen LogP contribution in [0.25, 0.3) is 0 Å². The summed E-state index contributed by atoms with van der Waals surface area (Å²) >= 11 is 10.8. The first-order chi connectivity index (χ1) is 4.36. The van der Waals surface area contributed by atoms with Gasteiger partial charge in [0.05, 0.1) is 4.88 Å². The number of thiocarbonyl (C=S) groups is 2. The lowest BCUT2D eigenvalue weighted by molar-refractivity contribution is 1.41. The molecule has 0 amide bonds. The second-order valence-corrected chi connectivity index (χ2v) is 2.90. The molecule has 1 aromatic rings. The van der Waals surface area contributed by atoms with Crippen LogP contribution in [0.15, 0.2) is 6.20 Å². The van der Waals surface area contributed by atoms with Gasteiger partial charge in [0, 0.05) is 16.9 Å². The Morgan fingerprint density at radius 3 is 2.56 bits per heavy atom. The normalized spacial score (nSPS) is 8.89. The van der Waals surface area contributed by atoms with Crippen molar-refractivity contribution < 1.29 is 0 Å². The topological polar surface area (TPSA) is 12.9 Å². The van der Waals surface area contributed by atoms with E-state index in [4.69, 9.17) is 0 Å². The molecule has 0 saturated heterocycles. The van der Waals surface area contributed by atoms with Crippen LogP contribution in [0, 0.1) is 0 Å². The molecule has 0 aliphatic heterocycles. The number of hydrogen-bond donors (Lipinski definition) is 0. The number of aromatic nitrogens is 1. The minimum absolute atomic E-state index is 0.848. The standard InChI is InChI=1S/C5H3NS3/c7-2-4-1-6-5(3-8)9-4/h1-3H. The van der Waals surface area contributed by atoms with Crippen LogP contribution in [0.3, 0.4) is 0 Å². The van der Waals surface area contributed by atoms with E-state index in [1.807, 2.05) is 0 Å². The summed E-state index contributed by atoms with van der Waals surface area (Å²) in [5.74, 6) is 0. The highest BCUT2D eigenvalue weighted by Gasteiger charge is 1.92. The Hall–Kier alpha value is -0.190. The first kappa shape index (κ1) is 6.92. The Morgan fingerprint density at radius 1 is 1.44 bits per heavy atom. The monoisotopic (exact) mass is 173 g/mol. The maximum atomic E-state index is 4.68. The molecule has 0 aliphatic rings. The largest absolute Gasteiger partial charge is 0.244 e. The highest BCUT2D eigenvalue weighted by molar-refractivity contribution is 7.80. The predicted molar refractivity (Wildman–Crippen MR) is 47.6 cm³/mol. The average molecular weight is 173 g/mol. The first-order valence-electron chi connectivity index (χ1n) is 2.23. The highest BCUT2D eigenvalue weighted by atomic mass is 32.1. The first-order valence-corrected chi connectivity index (χ1v) is 3.99. The Kier molecular flexibility index (Phi) is 2.38. The molecule has 0 aromatic carbocycles. The number of rotatable bonds is 2. The van der Waals surface area contributed by atoms with E-state index >= 15 is 0 Å². The van der Waals surface area contributed by atoms with Crippen molar-refractivity contribution in [1.82, 2.24) is 4.98 Å². The minimum Gasteiger partial charge on any atom is -0.244 e. The molecule has 1 nitrogen and oxygen atoms in total. The van der Waals surface area contributed by atoms with Crippen molar-refractivity contribution in [2.24, 2.45) is 0 Å². The van der Waals surface area contributed by atoms with E-state index in [1.165, 1.54) is 11.3 Å². The lowest BCUT2D eigenvalue weighted by atomic mass is 10.6. The Labute approximate surface area is 67.7 Å². The second-order valence-electron chi connectivity index (χ2n) is 1.34. The van der Waals surface area contributed by atoms with Gasteiger partial charge < -0.3 is 0 Å². The van der Waals surface area contributed by atoms with E-state index in [-0.39, 0.29) is 0 Å². The Bertz CT molecular complexity index is 205. The van der Waals surface area contributed by atoms with Crippen molar-refractivity contribution in [3.8, 4) is 0 Å². The third-order valence-electron chi connectivity index (χ3n) is 0.758. The smallest absolute Gasteiger partial charge is 0.127 e. The molecule has 0 N–H and O–H groups in total. The van der Waals surface area contributed by atoms with Gasteiger partial charge in [-0.05, 0) is 0 Å². The van der Waals surface area contributed by atoms with Crippen LogP contribution in [-0.4, -0.2) is 15.7 Å². The van der Waals surface area contributed by atoms with Crippen LogP contribution in [0.5, 0.6) is 0 Å². The summed E-state index contributed by atoms with van der Waals surface area (Å²) in [5.41, 5.74) is 0. The van der Waals surface area contributed by atoms with Crippen molar-refractivity contribution in [1.29, 1.82) is 0 Å². The predicted octanol–water partition coefficient (Wildman–Crippen LogP) is 1.84. The highest BCUT2D eigenvalue weighted by Crippen LogP contribution is 2.07. The maximum Gasteiger partial charge on any atom is 0.127 e. The third kappa shape index (κ3) is 1.61. The molecule has 0 radical (unpaired) electrons. The van der Waals surface area contributed by atoms with E-state index in [9.17, 15) is 0 Å². The van der Waals surface area contributed by atoms with Gasteiger partial charge in [0.1, 0.15) is 5.01 Å². The zero-order valence-electron chi connectivity index (χ0n) is 4.40. The molecule has 0 fully saturated rings. The molecule has 0 saturated carbocycles. The van der Waals surface area contributed by atoms with E-state index < -0.39 is 0 Å². The van der Waals surface area contributed by atoms with Crippen molar-refractivity contribution in [3.05, 3.63) is 16.1 Å². The summed E-state index contributed by atoms with van der Waals surface area (Å²) in [4.78, 5) is 4.95. The molecule has 0 bridgehead atoms. The molecule has 46 valence electrons. The van der Waals surface area contributed by atoms with Crippen LogP contribution in [-0.2, 0) is 0 Å². The second kappa shape index (κ2) is 3.10. The van der Waals surface area contributed by atoms with E-state index in [0.717, 1.165) is 9.88 Å². The third-order valence-corrected chi connectivity index (χ3v) is 2.43. The molecule has 1 aromatic heterocycles. The van der Waals surface area contributed by atoms with Crippen LogP contribution in [0.4, 0.5) is 0 Å². The van der Waals surface area contributed by atoms with Crippen molar-refractivity contribution in [2.45, 2.75) is 0 Å². The lowest BCUT2D eigenvalue weighted by Crippen LogP contribution is -1.67. The minimum atomic E-state index is 0.848. The lowest BCUT2D eigenvalue weighted by Gasteiger charge is -1.71. The molecule has 4 heteroatoms. The maximum absolute atomic E-state index is 4.68. The summed E-state index contributed by atoms with van der Waals surface area (Å²) in [6, 6.07) is 0. The number of nitrogens with zero attached hydrogens (tertiary/aromatic N) is 1. The average Bonchev–Trinajstić information content (AvgIpc) is 2.34. The van der Waals surface area contributed by atoms with Gasteiger partial charge in [0.25, 0.3) is 0 Å². The van der Waals surface area contributed by atoms with Gasteiger partial charge in [-0.2, -0.15) is 0 Å². The van der Waals surface area contributed by atoms with E-state index in [0.29, 0.717) is 0 Å². The SMILES string of the molecule is S=Cc1cnc(C=S)s1. The molecule has 0 atom stereocenters. The van der Waals surface area contributed by atoms with Crippen LogP contribution in [0.2, 0.25) is 0 Å². The van der Waals surface area contributed by atoms with Crippen molar-refractivity contribution >= 4 is 46.5 Å². The molecule has 0 aliphatic carbocycles. The van der Waals surface area contributed by atoms with Crippen LogP contribution in [0.1, 0.15) is 9.88 Å².